The van der Waals surface area contributed by atoms with Crippen molar-refractivity contribution in [3.8, 4) is 0 Å². The smallest absolute Gasteiger partial charge is 0.0603 e. The summed E-state index contributed by atoms with van der Waals surface area (Å²) in [6.45, 7) is 9.74. The van der Waals surface area contributed by atoms with Crippen molar-refractivity contribution in [2.24, 2.45) is 0 Å². The van der Waals surface area contributed by atoms with E-state index >= 15 is 0 Å². The number of anilines is 1. The SMILES string of the molecule is CC(c1cccs1)N(C)c1ccc(CNC(C)(C)C)cc1. The second kappa shape index (κ2) is 6.63. The van der Waals surface area contributed by atoms with Crippen LogP contribution in [0, 0.1) is 0 Å². The maximum atomic E-state index is 3.52. The van der Waals surface area contributed by atoms with Gasteiger partial charge in [-0.25, -0.2) is 0 Å². The summed E-state index contributed by atoms with van der Waals surface area (Å²) in [4.78, 5) is 3.73. The molecule has 2 aromatic rings. The van der Waals surface area contributed by atoms with E-state index < -0.39 is 0 Å². The normalized spacial score (nSPS) is 13.2. The molecule has 0 amide bonds. The van der Waals surface area contributed by atoms with Crippen molar-refractivity contribution in [3.05, 3.63) is 52.2 Å². The van der Waals surface area contributed by atoms with Gasteiger partial charge in [-0.2, -0.15) is 0 Å². The number of nitrogens with zero attached hydrogens (tertiary/aromatic N) is 1. The van der Waals surface area contributed by atoms with Crippen LogP contribution in [0.2, 0.25) is 0 Å². The number of rotatable bonds is 5. The Balaban J connectivity index is 2.01. The molecule has 21 heavy (non-hydrogen) atoms. The first-order valence-electron chi connectivity index (χ1n) is 7.47. The zero-order chi connectivity index (χ0) is 15.5. The van der Waals surface area contributed by atoms with Gasteiger partial charge in [-0.3, -0.25) is 0 Å². The highest BCUT2D eigenvalue weighted by Crippen LogP contribution is 2.28. The van der Waals surface area contributed by atoms with Gasteiger partial charge in [-0.15, -0.1) is 11.3 Å². The van der Waals surface area contributed by atoms with E-state index in [9.17, 15) is 0 Å². The van der Waals surface area contributed by atoms with Crippen molar-refractivity contribution >= 4 is 17.0 Å². The molecule has 0 saturated heterocycles. The predicted octanol–water partition coefficient (Wildman–Crippen LogP) is 4.83. The highest BCUT2D eigenvalue weighted by molar-refractivity contribution is 7.10. The molecule has 114 valence electrons. The van der Waals surface area contributed by atoms with Crippen molar-refractivity contribution in [1.82, 2.24) is 5.32 Å². The fourth-order valence-corrected chi connectivity index (χ4v) is 2.99. The van der Waals surface area contributed by atoms with Gasteiger partial charge in [0.1, 0.15) is 0 Å². The average Bonchev–Trinajstić information content (AvgIpc) is 2.97. The molecule has 0 spiro atoms. The Morgan fingerprint density at radius 1 is 1.14 bits per heavy atom. The van der Waals surface area contributed by atoms with Crippen LogP contribution in [-0.4, -0.2) is 12.6 Å². The summed E-state index contributed by atoms with van der Waals surface area (Å²) in [5, 5.41) is 5.66. The van der Waals surface area contributed by atoms with E-state index in [1.165, 1.54) is 16.1 Å². The molecule has 0 radical (unpaired) electrons. The third-order valence-corrected chi connectivity index (χ3v) is 4.74. The van der Waals surface area contributed by atoms with Crippen LogP contribution in [0.1, 0.15) is 44.2 Å². The summed E-state index contributed by atoms with van der Waals surface area (Å²) in [7, 11) is 2.16. The second-order valence-corrected chi connectivity index (χ2v) is 7.55. The first-order valence-corrected chi connectivity index (χ1v) is 8.35. The molecule has 3 heteroatoms. The highest BCUT2D eigenvalue weighted by Gasteiger charge is 2.13. The number of thiophene rings is 1. The monoisotopic (exact) mass is 302 g/mol. The van der Waals surface area contributed by atoms with Crippen LogP contribution in [0.5, 0.6) is 0 Å². The molecule has 0 fully saturated rings. The third kappa shape index (κ3) is 4.58. The summed E-state index contributed by atoms with van der Waals surface area (Å²) in [6, 6.07) is 13.6. The molecule has 0 aliphatic rings. The molecular formula is C18H26N2S. The van der Waals surface area contributed by atoms with Crippen LogP contribution in [0.15, 0.2) is 41.8 Å². The first kappa shape index (κ1) is 16.1. The van der Waals surface area contributed by atoms with Gasteiger partial charge in [-0.05, 0) is 56.8 Å². The third-order valence-electron chi connectivity index (χ3n) is 3.70. The van der Waals surface area contributed by atoms with E-state index in [4.69, 9.17) is 0 Å². The minimum Gasteiger partial charge on any atom is -0.367 e. The van der Waals surface area contributed by atoms with Crippen molar-refractivity contribution in [1.29, 1.82) is 0 Å². The standard InChI is InChI=1S/C18H26N2S/c1-14(17-7-6-12-21-17)20(5)16-10-8-15(9-11-16)13-19-18(2,3)4/h6-12,14,19H,13H2,1-5H3. The fraction of sp³-hybridized carbons (Fsp3) is 0.444. The molecule has 0 aliphatic carbocycles. The Bertz CT molecular complexity index is 538. The molecule has 1 unspecified atom stereocenters. The van der Waals surface area contributed by atoms with E-state index in [0.717, 1.165) is 6.54 Å². The molecule has 2 rings (SSSR count). The van der Waals surface area contributed by atoms with E-state index in [1.807, 2.05) is 11.3 Å². The minimum absolute atomic E-state index is 0.156. The van der Waals surface area contributed by atoms with Gasteiger partial charge < -0.3 is 10.2 Å². The molecule has 1 N–H and O–H groups in total. The van der Waals surface area contributed by atoms with Crippen molar-refractivity contribution in [3.63, 3.8) is 0 Å². The summed E-state index contributed by atoms with van der Waals surface area (Å²) in [6.07, 6.45) is 0. The lowest BCUT2D eigenvalue weighted by atomic mass is 10.1. The van der Waals surface area contributed by atoms with E-state index in [0.29, 0.717) is 6.04 Å². The topological polar surface area (TPSA) is 15.3 Å². The van der Waals surface area contributed by atoms with Crippen LogP contribution in [0.25, 0.3) is 0 Å². The Kier molecular flexibility index (Phi) is 5.07. The number of benzene rings is 1. The van der Waals surface area contributed by atoms with Crippen LogP contribution < -0.4 is 10.2 Å². The van der Waals surface area contributed by atoms with E-state index in [-0.39, 0.29) is 5.54 Å². The maximum absolute atomic E-state index is 3.52. The molecule has 1 heterocycles. The molecular weight excluding hydrogens is 276 g/mol. The number of nitrogens with one attached hydrogen (secondary N) is 1. The van der Waals surface area contributed by atoms with Crippen LogP contribution >= 0.6 is 11.3 Å². The fourth-order valence-electron chi connectivity index (χ4n) is 2.16. The van der Waals surface area contributed by atoms with Gasteiger partial charge in [0, 0.05) is 29.7 Å². The van der Waals surface area contributed by atoms with Gasteiger partial charge in [0.15, 0.2) is 0 Å². The zero-order valence-electron chi connectivity index (χ0n) is 13.7. The van der Waals surface area contributed by atoms with E-state index in [1.54, 1.807) is 0 Å². The summed E-state index contributed by atoms with van der Waals surface area (Å²) >= 11 is 1.82. The number of hydrogen-bond donors (Lipinski definition) is 1. The van der Waals surface area contributed by atoms with Crippen LogP contribution in [-0.2, 0) is 6.54 Å². The first-order chi connectivity index (χ1) is 9.87. The van der Waals surface area contributed by atoms with E-state index in [2.05, 4.69) is 86.7 Å². The van der Waals surface area contributed by atoms with Crippen LogP contribution in [0.4, 0.5) is 5.69 Å². The minimum atomic E-state index is 0.156. The summed E-state index contributed by atoms with van der Waals surface area (Å²) < 4.78 is 0. The van der Waals surface area contributed by atoms with Gasteiger partial charge in [0.2, 0.25) is 0 Å². The lowest BCUT2D eigenvalue weighted by Crippen LogP contribution is -2.35. The Morgan fingerprint density at radius 3 is 2.33 bits per heavy atom. The Hall–Kier alpha value is -1.32. The molecule has 0 aliphatic heterocycles. The number of hydrogen-bond acceptors (Lipinski definition) is 3. The van der Waals surface area contributed by atoms with Gasteiger partial charge >= 0.3 is 0 Å². The van der Waals surface area contributed by atoms with Crippen LogP contribution in [0.3, 0.4) is 0 Å². The van der Waals surface area contributed by atoms with Crippen molar-refractivity contribution in [2.75, 3.05) is 11.9 Å². The lowest BCUT2D eigenvalue weighted by molar-refractivity contribution is 0.424. The second-order valence-electron chi connectivity index (χ2n) is 6.57. The molecule has 0 bridgehead atoms. The highest BCUT2D eigenvalue weighted by atomic mass is 32.1. The molecule has 0 saturated carbocycles. The largest absolute Gasteiger partial charge is 0.367 e. The van der Waals surface area contributed by atoms with Crippen molar-refractivity contribution < 1.29 is 0 Å². The zero-order valence-corrected chi connectivity index (χ0v) is 14.5. The van der Waals surface area contributed by atoms with Gasteiger partial charge in [0.05, 0.1) is 6.04 Å². The molecule has 2 nitrogen and oxygen atoms in total. The molecule has 1 aromatic heterocycles. The predicted molar refractivity (Wildman–Crippen MR) is 94.2 cm³/mol. The molecule has 1 atom stereocenters. The Morgan fingerprint density at radius 2 is 1.81 bits per heavy atom. The maximum Gasteiger partial charge on any atom is 0.0603 e. The summed E-state index contributed by atoms with van der Waals surface area (Å²) in [5.74, 6) is 0. The van der Waals surface area contributed by atoms with Gasteiger partial charge in [0.25, 0.3) is 0 Å². The quantitative estimate of drug-likeness (QED) is 0.850. The van der Waals surface area contributed by atoms with Gasteiger partial charge in [-0.1, -0.05) is 18.2 Å². The summed E-state index contributed by atoms with van der Waals surface area (Å²) in [5.41, 5.74) is 2.74. The lowest BCUT2D eigenvalue weighted by Gasteiger charge is -2.26. The Labute approximate surface area is 132 Å². The van der Waals surface area contributed by atoms with Crippen molar-refractivity contribution in [2.45, 2.75) is 45.8 Å². The average molecular weight is 302 g/mol. The molecule has 1 aromatic carbocycles.